The topological polar surface area (TPSA) is 9.86 Å². The molecule has 176 valence electrons. The quantitative estimate of drug-likeness (QED) is 0.232. The van der Waals surface area contributed by atoms with Crippen molar-refractivity contribution in [3.05, 3.63) is 127 Å². The lowest BCUT2D eigenvalue weighted by Gasteiger charge is -2.15. The molecule has 0 unspecified atom stereocenters. The van der Waals surface area contributed by atoms with Gasteiger partial charge in [0.05, 0.1) is 11.4 Å². The van der Waals surface area contributed by atoms with E-state index in [9.17, 15) is 0 Å². The second-order valence-electron chi connectivity index (χ2n) is 9.18. The van der Waals surface area contributed by atoms with E-state index < -0.39 is 0 Å². The van der Waals surface area contributed by atoms with Crippen LogP contribution in [0.3, 0.4) is 0 Å². The smallest absolute Gasteiger partial charge is 0.0570 e. The van der Waals surface area contributed by atoms with E-state index in [2.05, 4.69) is 132 Å². The molecular formula is C34H30N2. The van der Waals surface area contributed by atoms with Gasteiger partial charge in [-0.1, -0.05) is 104 Å². The lowest BCUT2D eigenvalue weighted by Crippen LogP contribution is -2.00. The standard InChI is InChI=1S/C34H30N2/c1-4-35-29-22-14-12-20-27(29)31(33(35)25-16-8-6-9-17-25)24(3)32-28-21-13-15-23-30(28)36(5-2)34(32)26-18-10-7-11-19-26/h6-23H,3-5H2,1-2H3. The summed E-state index contributed by atoms with van der Waals surface area (Å²) < 4.78 is 4.87. The van der Waals surface area contributed by atoms with E-state index >= 15 is 0 Å². The average molecular weight is 467 g/mol. The van der Waals surface area contributed by atoms with Gasteiger partial charge in [0.1, 0.15) is 0 Å². The summed E-state index contributed by atoms with van der Waals surface area (Å²) in [6, 6.07) is 39.0. The molecule has 0 aliphatic heterocycles. The fourth-order valence-corrected chi connectivity index (χ4v) is 5.79. The lowest BCUT2D eigenvalue weighted by molar-refractivity contribution is 0.803. The number of hydrogen-bond donors (Lipinski definition) is 0. The van der Waals surface area contributed by atoms with Crippen molar-refractivity contribution in [1.29, 1.82) is 0 Å². The van der Waals surface area contributed by atoms with Crippen molar-refractivity contribution in [2.75, 3.05) is 0 Å². The predicted molar refractivity (Wildman–Crippen MR) is 154 cm³/mol. The molecule has 2 aromatic heterocycles. The Morgan fingerprint density at radius 2 is 0.889 bits per heavy atom. The Morgan fingerprint density at radius 3 is 1.28 bits per heavy atom. The average Bonchev–Trinajstić information content (AvgIpc) is 3.46. The van der Waals surface area contributed by atoms with Gasteiger partial charge in [-0.2, -0.15) is 0 Å². The minimum Gasteiger partial charge on any atom is -0.340 e. The summed E-state index contributed by atoms with van der Waals surface area (Å²) in [5, 5.41) is 2.49. The van der Waals surface area contributed by atoms with Gasteiger partial charge in [0, 0.05) is 46.0 Å². The van der Waals surface area contributed by atoms with Gasteiger partial charge >= 0.3 is 0 Å². The highest BCUT2D eigenvalue weighted by molar-refractivity contribution is 6.11. The highest BCUT2D eigenvalue weighted by Crippen LogP contribution is 2.45. The molecular weight excluding hydrogens is 436 g/mol. The van der Waals surface area contributed by atoms with Crippen molar-refractivity contribution in [3.63, 3.8) is 0 Å². The van der Waals surface area contributed by atoms with Gasteiger partial charge in [0.2, 0.25) is 0 Å². The number of hydrogen-bond acceptors (Lipinski definition) is 0. The summed E-state index contributed by atoms with van der Waals surface area (Å²) in [6.07, 6.45) is 0. The molecule has 0 radical (unpaired) electrons. The minimum atomic E-state index is 0.889. The van der Waals surface area contributed by atoms with E-state index in [0.29, 0.717) is 0 Å². The molecule has 36 heavy (non-hydrogen) atoms. The zero-order chi connectivity index (χ0) is 24.6. The maximum absolute atomic E-state index is 4.84. The second kappa shape index (κ2) is 9.05. The van der Waals surface area contributed by atoms with Crippen LogP contribution in [0, 0.1) is 0 Å². The summed E-state index contributed by atoms with van der Waals surface area (Å²) in [7, 11) is 0. The van der Waals surface area contributed by atoms with Crippen LogP contribution in [0.4, 0.5) is 0 Å². The number of rotatable bonds is 6. The van der Waals surface area contributed by atoms with Gasteiger partial charge in [0.15, 0.2) is 0 Å². The lowest BCUT2D eigenvalue weighted by atomic mass is 9.91. The van der Waals surface area contributed by atoms with Gasteiger partial charge in [0.25, 0.3) is 0 Å². The van der Waals surface area contributed by atoms with Gasteiger partial charge in [-0.15, -0.1) is 0 Å². The Labute approximate surface area is 212 Å². The second-order valence-corrected chi connectivity index (χ2v) is 9.18. The minimum absolute atomic E-state index is 0.889. The summed E-state index contributed by atoms with van der Waals surface area (Å²) in [5.74, 6) is 0. The molecule has 0 saturated carbocycles. The number of aromatic nitrogens is 2. The number of aryl methyl sites for hydroxylation is 2. The van der Waals surface area contributed by atoms with Crippen LogP contribution in [0.5, 0.6) is 0 Å². The molecule has 2 nitrogen and oxygen atoms in total. The molecule has 0 amide bonds. The molecule has 0 aliphatic carbocycles. The Balaban J connectivity index is 1.74. The third-order valence-corrected chi connectivity index (χ3v) is 7.27. The van der Waals surface area contributed by atoms with Crippen molar-refractivity contribution in [3.8, 4) is 22.5 Å². The fourth-order valence-electron chi connectivity index (χ4n) is 5.79. The molecule has 0 saturated heterocycles. The Morgan fingerprint density at radius 1 is 0.528 bits per heavy atom. The first-order valence-corrected chi connectivity index (χ1v) is 12.8. The predicted octanol–water partition coefficient (Wildman–Crippen LogP) is 9.03. The van der Waals surface area contributed by atoms with Crippen molar-refractivity contribution in [2.45, 2.75) is 26.9 Å². The molecule has 0 N–H and O–H groups in total. The molecule has 6 aromatic rings. The van der Waals surface area contributed by atoms with Gasteiger partial charge in [-0.25, -0.2) is 0 Å². The van der Waals surface area contributed by atoms with Crippen LogP contribution in [0.2, 0.25) is 0 Å². The molecule has 2 heteroatoms. The van der Waals surface area contributed by atoms with E-state index in [1.54, 1.807) is 0 Å². The highest BCUT2D eigenvalue weighted by atomic mass is 15.0. The first-order valence-electron chi connectivity index (χ1n) is 12.8. The molecule has 0 fully saturated rings. The molecule has 6 rings (SSSR count). The van der Waals surface area contributed by atoms with Crippen LogP contribution in [0.1, 0.15) is 25.0 Å². The number of nitrogens with zero attached hydrogens (tertiary/aromatic N) is 2. The highest BCUT2D eigenvalue weighted by Gasteiger charge is 2.26. The van der Waals surface area contributed by atoms with E-state index in [1.165, 1.54) is 55.4 Å². The Bertz CT molecular complexity index is 1570. The van der Waals surface area contributed by atoms with E-state index in [1.807, 2.05) is 0 Å². The van der Waals surface area contributed by atoms with Crippen molar-refractivity contribution in [1.82, 2.24) is 9.13 Å². The van der Waals surface area contributed by atoms with Crippen LogP contribution >= 0.6 is 0 Å². The summed E-state index contributed by atoms with van der Waals surface area (Å²) in [5.41, 5.74) is 10.9. The molecule has 4 aromatic carbocycles. The van der Waals surface area contributed by atoms with E-state index in [0.717, 1.165) is 18.7 Å². The Kier molecular flexibility index (Phi) is 5.58. The maximum atomic E-state index is 4.84. The number of fused-ring (bicyclic) bond motifs is 2. The molecule has 0 spiro atoms. The first-order chi connectivity index (χ1) is 17.7. The summed E-state index contributed by atoms with van der Waals surface area (Å²) in [6.45, 7) is 11.1. The monoisotopic (exact) mass is 466 g/mol. The van der Waals surface area contributed by atoms with Crippen molar-refractivity contribution < 1.29 is 0 Å². The van der Waals surface area contributed by atoms with Gasteiger partial charge in [-0.05, 0) is 42.7 Å². The number of para-hydroxylation sites is 2. The number of benzene rings is 4. The van der Waals surface area contributed by atoms with Crippen molar-refractivity contribution in [2.24, 2.45) is 0 Å². The van der Waals surface area contributed by atoms with Crippen LogP contribution in [-0.2, 0) is 13.1 Å². The zero-order valence-corrected chi connectivity index (χ0v) is 20.9. The van der Waals surface area contributed by atoms with Crippen LogP contribution in [0.25, 0.3) is 49.9 Å². The van der Waals surface area contributed by atoms with E-state index in [-0.39, 0.29) is 0 Å². The third kappa shape index (κ3) is 3.33. The van der Waals surface area contributed by atoms with E-state index in [4.69, 9.17) is 6.58 Å². The van der Waals surface area contributed by atoms with Crippen LogP contribution in [-0.4, -0.2) is 9.13 Å². The molecule has 0 atom stereocenters. The molecule has 0 aliphatic rings. The zero-order valence-electron chi connectivity index (χ0n) is 20.9. The molecule has 2 heterocycles. The van der Waals surface area contributed by atoms with Crippen LogP contribution < -0.4 is 0 Å². The Hall–Kier alpha value is -4.30. The molecule has 0 bridgehead atoms. The van der Waals surface area contributed by atoms with Crippen LogP contribution in [0.15, 0.2) is 116 Å². The van der Waals surface area contributed by atoms with Gasteiger partial charge < -0.3 is 9.13 Å². The fraction of sp³-hybridized carbons (Fsp3) is 0.118. The van der Waals surface area contributed by atoms with Gasteiger partial charge in [-0.3, -0.25) is 0 Å². The maximum Gasteiger partial charge on any atom is 0.0570 e. The normalized spacial score (nSPS) is 11.4. The van der Waals surface area contributed by atoms with Crippen molar-refractivity contribution >= 4 is 27.4 Å². The summed E-state index contributed by atoms with van der Waals surface area (Å²) >= 11 is 0. The third-order valence-electron chi connectivity index (χ3n) is 7.27. The summed E-state index contributed by atoms with van der Waals surface area (Å²) in [4.78, 5) is 0. The SMILES string of the molecule is C=C(c1c(-c2ccccc2)n(CC)c2ccccc12)c1c(-c2ccccc2)n(CC)c2ccccc12. The first kappa shape index (κ1) is 22.2. The largest absolute Gasteiger partial charge is 0.340 e.